The highest BCUT2D eigenvalue weighted by molar-refractivity contribution is 8.00. The van der Waals surface area contributed by atoms with Crippen LogP contribution >= 0.6 is 11.8 Å². The third-order valence-corrected chi connectivity index (χ3v) is 8.27. The average Bonchev–Trinajstić information content (AvgIpc) is 3.24. The predicted octanol–water partition coefficient (Wildman–Crippen LogP) is 3.56. The molecule has 0 saturated carbocycles. The molecule has 0 aliphatic carbocycles. The van der Waals surface area contributed by atoms with E-state index in [9.17, 15) is 24.6 Å². The molecule has 1 aliphatic rings. The summed E-state index contributed by atoms with van der Waals surface area (Å²) in [5, 5.41) is 27.1. The Morgan fingerprint density at radius 3 is 2.54 bits per heavy atom. The Kier molecular flexibility index (Phi) is 10.6. The van der Waals surface area contributed by atoms with Gasteiger partial charge in [0.1, 0.15) is 11.8 Å². The number of nitrogens with one attached hydrogen (secondary N) is 2. The van der Waals surface area contributed by atoms with E-state index in [-0.39, 0.29) is 29.5 Å². The first kappa shape index (κ1) is 30.2. The number of phenols is 1. The van der Waals surface area contributed by atoms with Crippen LogP contribution < -0.4 is 10.6 Å². The SMILES string of the molecule is CCC/C=C/CNC(=O)C1N(C(=O)C(O)C(Cc2ccccc2)NC(=O)c2cccc(O)c2C)CSC1(C)C. The highest BCUT2D eigenvalue weighted by Crippen LogP contribution is 2.39. The zero-order valence-electron chi connectivity index (χ0n) is 23.0. The number of phenolic OH excluding ortho intramolecular Hbond substituents is 1. The Labute approximate surface area is 234 Å². The van der Waals surface area contributed by atoms with Gasteiger partial charge in [-0.2, -0.15) is 0 Å². The molecule has 3 amide bonds. The van der Waals surface area contributed by atoms with Crippen molar-refractivity contribution in [1.82, 2.24) is 15.5 Å². The van der Waals surface area contributed by atoms with E-state index in [1.165, 1.54) is 22.7 Å². The number of rotatable bonds is 11. The number of carbonyl (C=O) groups excluding carboxylic acids is 3. The minimum Gasteiger partial charge on any atom is -0.508 e. The first-order chi connectivity index (χ1) is 18.6. The Morgan fingerprint density at radius 2 is 1.85 bits per heavy atom. The number of benzene rings is 2. The summed E-state index contributed by atoms with van der Waals surface area (Å²) in [5.41, 5.74) is 1.47. The zero-order valence-corrected chi connectivity index (χ0v) is 23.8. The van der Waals surface area contributed by atoms with Crippen molar-refractivity contribution in [2.45, 2.75) is 69.9 Å². The van der Waals surface area contributed by atoms with E-state index >= 15 is 0 Å². The quantitative estimate of drug-likeness (QED) is 0.316. The Bertz CT molecular complexity index is 1180. The molecule has 3 rings (SSSR count). The monoisotopic (exact) mass is 553 g/mol. The van der Waals surface area contributed by atoms with Crippen LogP contribution in [-0.4, -0.2) is 68.2 Å². The van der Waals surface area contributed by atoms with Gasteiger partial charge in [0.05, 0.1) is 11.9 Å². The van der Waals surface area contributed by atoms with Crippen molar-refractivity contribution in [2.24, 2.45) is 0 Å². The van der Waals surface area contributed by atoms with Crippen LogP contribution in [0.1, 0.15) is 55.1 Å². The minimum atomic E-state index is -1.60. The average molecular weight is 554 g/mol. The molecular weight excluding hydrogens is 514 g/mol. The molecule has 3 atom stereocenters. The largest absolute Gasteiger partial charge is 0.508 e. The first-order valence-corrected chi connectivity index (χ1v) is 14.2. The Hall–Kier alpha value is -3.30. The van der Waals surface area contributed by atoms with Crippen molar-refractivity contribution in [3.05, 3.63) is 77.4 Å². The highest BCUT2D eigenvalue weighted by Gasteiger charge is 2.49. The summed E-state index contributed by atoms with van der Waals surface area (Å²) in [4.78, 5) is 41.5. The van der Waals surface area contributed by atoms with Gasteiger partial charge >= 0.3 is 0 Å². The molecule has 0 radical (unpaired) electrons. The summed E-state index contributed by atoms with van der Waals surface area (Å²) in [6, 6.07) is 12.1. The molecule has 39 heavy (non-hydrogen) atoms. The van der Waals surface area contributed by atoms with Crippen molar-refractivity contribution in [2.75, 3.05) is 12.4 Å². The van der Waals surface area contributed by atoms with Crippen molar-refractivity contribution in [3.8, 4) is 5.75 Å². The van der Waals surface area contributed by atoms with Crippen molar-refractivity contribution in [1.29, 1.82) is 0 Å². The molecule has 210 valence electrons. The maximum atomic E-state index is 13.7. The van der Waals surface area contributed by atoms with E-state index < -0.39 is 34.7 Å². The number of hydrogen-bond donors (Lipinski definition) is 4. The summed E-state index contributed by atoms with van der Waals surface area (Å²) in [7, 11) is 0. The maximum absolute atomic E-state index is 13.7. The molecule has 1 heterocycles. The van der Waals surface area contributed by atoms with Gasteiger partial charge < -0.3 is 25.7 Å². The number of aromatic hydroxyl groups is 1. The van der Waals surface area contributed by atoms with Crippen LogP contribution in [0.3, 0.4) is 0 Å². The lowest BCUT2D eigenvalue weighted by Gasteiger charge is -2.33. The zero-order chi connectivity index (χ0) is 28.6. The number of unbranched alkanes of at least 4 members (excludes halogenated alkanes) is 1. The summed E-state index contributed by atoms with van der Waals surface area (Å²) in [6.45, 7) is 7.87. The van der Waals surface area contributed by atoms with Gasteiger partial charge in [-0.1, -0.05) is 61.9 Å². The summed E-state index contributed by atoms with van der Waals surface area (Å²) >= 11 is 1.47. The Balaban J connectivity index is 1.83. The molecule has 0 aromatic heterocycles. The van der Waals surface area contributed by atoms with Gasteiger partial charge in [-0.15, -0.1) is 11.8 Å². The van der Waals surface area contributed by atoms with Crippen molar-refractivity contribution in [3.63, 3.8) is 0 Å². The fourth-order valence-corrected chi connectivity index (χ4v) is 5.74. The van der Waals surface area contributed by atoms with E-state index in [0.717, 1.165) is 18.4 Å². The number of allylic oxidation sites excluding steroid dienone is 1. The smallest absolute Gasteiger partial charge is 0.254 e. The number of carbonyl (C=O) groups is 3. The number of nitrogens with zero attached hydrogens (tertiary/aromatic N) is 1. The van der Waals surface area contributed by atoms with Gasteiger partial charge in [0.2, 0.25) is 5.91 Å². The number of hydrogen-bond acceptors (Lipinski definition) is 6. The lowest BCUT2D eigenvalue weighted by Crippen LogP contribution is -2.58. The Morgan fingerprint density at radius 1 is 1.13 bits per heavy atom. The molecule has 4 N–H and O–H groups in total. The normalized spacial score (nSPS) is 18.1. The van der Waals surface area contributed by atoms with Crippen LogP contribution in [0.5, 0.6) is 5.75 Å². The van der Waals surface area contributed by atoms with Gasteiger partial charge in [0.25, 0.3) is 11.8 Å². The van der Waals surface area contributed by atoms with Crippen molar-refractivity contribution < 1.29 is 24.6 Å². The van der Waals surface area contributed by atoms with Crippen LogP contribution in [0.2, 0.25) is 0 Å². The lowest BCUT2D eigenvalue weighted by atomic mass is 9.96. The van der Waals surface area contributed by atoms with Crippen LogP contribution in [-0.2, 0) is 16.0 Å². The summed E-state index contributed by atoms with van der Waals surface area (Å²) in [5.74, 6) is -1.20. The molecule has 8 nitrogen and oxygen atoms in total. The molecule has 0 spiro atoms. The number of aliphatic hydroxyl groups is 1. The van der Waals surface area contributed by atoms with E-state index in [1.54, 1.807) is 19.1 Å². The standard InChI is InChI=1S/C30H39N3O5S/c1-5-6-7-11-17-31-28(37)26-30(3,4)39-19-33(26)29(38)25(35)23(18-21-13-9-8-10-14-21)32-27(36)22-15-12-16-24(34)20(22)2/h7-16,23,25-26,34-35H,5-6,17-19H2,1-4H3,(H,31,37)(H,32,36)/b11-7+. The van der Waals surface area contributed by atoms with Crippen molar-refractivity contribution >= 4 is 29.5 Å². The third-order valence-electron chi connectivity index (χ3n) is 6.89. The van der Waals surface area contributed by atoms with E-state index in [2.05, 4.69) is 17.6 Å². The second-order valence-corrected chi connectivity index (χ2v) is 11.9. The van der Waals surface area contributed by atoms with Crippen LogP contribution in [0.15, 0.2) is 60.7 Å². The van der Waals surface area contributed by atoms with Gasteiger partial charge in [-0.05, 0) is 51.3 Å². The molecule has 1 saturated heterocycles. The van der Waals surface area contributed by atoms with Crippen LogP contribution in [0.25, 0.3) is 0 Å². The van der Waals surface area contributed by atoms with Gasteiger partial charge in [-0.3, -0.25) is 14.4 Å². The predicted molar refractivity (Wildman–Crippen MR) is 154 cm³/mol. The molecule has 2 aromatic rings. The maximum Gasteiger partial charge on any atom is 0.254 e. The second kappa shape index (κ2) is 13.7. The van der Waals surface area contributed by atoms with E-state index in [1.807, 2.05) is 56.3 Å². The fraction of sp³-hybridized carbons (Fsp3) is 0.433. The molecule has 1 fully saturated rings. The third kappa shape index (κ3) is 7.64. The highest BCUT2D eigenvalue weighted by atomic mass is 32.2. The number of amides is 3. The lowest BCUT2D eigenvalue weighted by molar-refractivity contribution is -0.147. The van der Waals surface area contributed by atoms with Crippen LogP contribution in [0, 0.1) is 6.92 Å². The molecule has 2 aromatic carbocycles. The number of aliphatic hydroxyl groups excluding tert-OH is 1. The summed E-state index contributed by atoms with van der Waals surface area (Å²) in [6.07, 6.45) is 4.44. The summed E-state index contributed by atoms with van der Waals surface area (Å²) < 4.78 is -0.566. The number of thioether (sulfide) groups is 1. The molecule has 0 bridgehead atoms. The van der Waals surface area contributed by atoms with Crippen LogP contribution in [0.4, 0.5) is 0 Å². The fourth-order valence-electron chi connectivity index (χ4n) is 4.60. The molecule has 3 unspecified atom stereocenters. The van der Waals surface area contributed by atoms with E-state index in [0.29, 0.717) is 12.1 Å². The van der Waals surface area contributed by atoms with Gasteiger partial charge in [0.15, 0.2) is 6.10 Å². The molecule has 1 aliphatic heterocycles. The minimum absolute atomic E-state index is 0.0198. The molecular formula is C30H39N3O5S. The molecule has 9 heteroatoms. The first-order valence-electron chi connectivity index (χ1n) is 13.3. The second-order valence-electron chi connectivity index (χ2n) is 10.3. The van der Waals surface area contributed by atoms with E-state index in [4.69, 9.17) is 0 Å². The van der Waals surface area contributed by atoms with Gasteiger partial charge in [0, 0.05) is 22.4 Å². The topological polar surface area (TPSA) is 119 Å². The van der Waals surface area contributed by atoms with Gasteiger partial charge in [-0.25, -0.2) is 0 Å².